The molecular formula is C17H16N4O2. The van der Waals surface area contributed by atoms with Crippen molar-refractivity contribution in [3.8, 4) is 6.07 Å². The first kappa shape index (κ1) is 15.0. The first-order chi connectivity index (χ1) is 11.2. The number of ketones is 1. The summed E-state index contributed by atoms with van der Waals surface area (Å²) in [7, 11) is 0. The second-order valence-electron chi connectivity index (χ2n) is 5.58. The number of aromatic nitrogens is 2. The summed E-state index contributed by atoms with van der Waals surface area (Å²) in [6.45, 7) is 1.00. The molecule has 0 bridgehead atoms. The number of carbonyl (C=O) groups excluding carboxylic acids is 2. The molecule has 0 aromatic carbocycles. The number of H-pyrrole nitrogens is 1. The van der Waals surface area contributed by atoms with Crippen molar-refractivity contribution >= 4 is 11.7 Å². The first-order valence-corrected chi connectivity index (χ1v) is 7.52. The van der Waals surface area contributed by atoms with Crippen molar-refractivity contribution in [2.45, 2.75) is 12.8 Å². The highest BCUT2D eigenvalue weighted by Crippen LogP contribution is 2.21. The zero-order valence-corrected chi connectivity index (χ0v) is 12.5. The fourth-order valence-electron chi connectivity index (χ4n) is 2.85. The summed E-state index contributed by atoms with van der Waals surface area (Å²) in [5, 5.41) is 8.84. The maximum Gasteiger partial charge on any atom is 0.270 e. The number of aromatic amines is 1. The number of amides is 1. The van der Waals surface area contributed by atoms with Crippen molar-refractivity contribution in [1.29, 1.82) is 5.26 Å². The lowest BCUT2D eigenvalue weighted by molar-refractivity contribution is 0.0631. The smallest absolute Gasteiger partial charge is 0.270 e. The number of rotatable bonds is 3. The largest absolute Gasteiger partial charge is 0.356 e. The predicted molar refractivity (Wildman–Crippen MR) is 82.7 cm³/mol. The van der Waals surface area contributed by atoms with Crippen LogP contribution in [0.1, 0.15) is 39.4 Å². The molecule has 0 saturated carbocycles. The highest BCUT2D eigenvalue weighted by molar-refractivity contribution is 5.97. The Morgan fingerprint density at radius 3 is 2.96 bits per heavy atom. The lowest BCUT2D eigenvalue weighted by atomic mass is 9.91. The van der Waals surface area contributed by atoms with Crippen LogP contribution in [-0.4, -0.2) is 39.6 Å². The van der Waals surface area contributed by atoms with Crippen LogP contribution in [0.2, 0.25) is 0 Å². The molecule has 23 heavy (non-hydrogen) atoms. The zero-order chi connectivity index (χ0) is 16.2. The van der Waals surface area contributed by atoms with Crippen LogP contribution in [0.4, 0.5) is 0 Å². The first-order valence-electron chi connectivity index (χ1n) is 7.52. The van der Waals surface area contributed by atoms with E-state index in [1.54, 1.807) is 29.3 Å². The van der Waals surface area contributed by atoms with Crippen LogP contribution < -0.4 is 0 Å². The SMILES string of the molecule is N#Cc1c[nH]c(C(=O)N2CCC[C@@H](C(=O)c3ccccn3)C2)c1. The van der Waals surface area contributed by atoms with Gasteiger partial charge >= 0.3 is 0 Å². The fourth-order valence-corrected chi connectivity index (χ4v) is 2.85. The van der Waals surface area contributed by atoms with Crippen LogP contribution in [-0.2, 0) is 0 Å². The Kier molecular flexibility index (Phi) is 4.20. The Labute approximate surface area is 133 Å². The van der Waals surface area contributed by atoms with Crippen LogP contribution in [0.15, 0.2) is 36.7 Å². The standard InChI is InChI=1S/C17H16N4O2/c18-9-12-8-15(20-10-12)17(23)21-7-3-4-13(11-21)16(22)14-5-1-2-6-19-14/h1-2,5-6,8,10,13,20H,3-4,7,11H2/t13-/m1/s1. The number of nitrogens with zero attached hydrogens (tertiary/aromatic N) is 3. The van der Waals surface area contributed by atoms with Gasteiger partial charge in [0.1, 0.15) is 17.5 Å². The molecule has 0 unspecified atom stereocenters. The van der Waals surface area contributed by atoms with Crippen molar-refractivity contribution in [1.82, 2.24) is 14.9 Å². The minimum atomic E-state index is -0.229. The molecule has 0 aliphatic carbocycles. The molecule has 2 aromatic heterocycles. The average molecular weight is 308 g/mol. The van der Waals surface area contributed by atoms with Gasteiger partial charge in [0.2, 0.25) is 0 Å². The van der Waals surface area contributed by atoms with Crippen molar-refractivity contribution in [3.05, 3.63) is 53.6 Å². The van der Waals surface area contributed by atoms with Gasteiger partial charge in [0, 0.05) is 31.4 Å². The van der Waals surface area contributed by atoms with Gasteiger partial charge < -0.3 is 9.88 Å². The summed E-state index contributed by atoms with van der Waals surface area (Å²) >= 11 is 0. The minimum Gasteiger partial charge on any atom is -0.356 e. The molecule has 1 fully saturated rings. The normalized spacial score (nSPS) is 17.5. The van der Waals surface area contributed by atoms with Crippen molar-refractivity contribution in [3.63, 3.8) is 0 Å². The van der Waals surface area contributed by atoms with Crippen LogP contribution in [0.25, 0.3) is 0 Å². The maximum atomic E-state index is 12.5. The molecule has 6 heteroatoms. The van der Waals surface area contributed by atoms with Gasteiger partial charge in [-0.25, -0.2) is 0 Å². The number of hydrogen-bond acceptors (Lipinski definition) is 4. The summed E-state index contributed by atoms with van der Waals surface area (Å²) in [5.74, 6) is -0.426. The summed E-state index contributed by atoms with van der Waals surface area (Å²) in [4.78, 5) is 33.6. The van der Waals surface area contributed by atoms with Crippen LogP contribution >= 0.6 is 0 Å². The maximum absolute atomic E-state index is 12.5. The van der Waals surface area contributed by atoms with Gasteiger partial charge in [0.25, 0.3) is 5.91 Å². The summed E-state index contributed by atoms with van der Waals surface area (Å²) in [6.07, 6.45) is 4.64. The van der Waals surface area contributed by atoms with E-state index in [1.807, 2.05) is 6.07 Å². The van der Waals surface area contributed by atoms with Gasteiger partial charge in [0.15, 0.2) is 5.78 Å². The Balaban J connectivity index is 1.72. The number of carbonyl (C=O) groups is 2. The lowest BCUT2D eigenvalue weighted by Gasteiger charge is -2.31. The van der Waals surface area contributed by atoms with Gasteiger partial charge in [-0.05, 0) is 31.0 Å². The van der Waals surface area contributed by atoms with Crippen LogP contribution in [0.5, 0.6) is 0 Å². The Bertz CT molecular complexity index is 760. The van der Waals surface area contributed by atoms with Crippen molar-refractivity contribution < 1.29 is 9.59 Å². The molecule has 0 radical (unpaired) electrons. The van der Waals surface area contributed by atoms with E-state index in [0.717, 1.165) is 12.8 Å². The van der Waals surface area contributed by atoms with E-state index in [1.165, 1.54) is 12.3 Å². The van der Waals surface area contributed by atoms with Gasteiger partial charge in [-0.1, -0.05) is 6.07 Å². The number of piperidine rings is 1. The third-order valence-corrected chi connectivity index (χ3v) is 4.04. The van der Waals surface area contributed by atoms with Crippen LogP contribution in [0, 0.1) is 17.2 Å². The minimum absolute atomic E-state index is 0.0210. The monoisotopic (exact) mass is 308 g/mol. The number of nitrogens with one attached hydrogen (secondary N) is 1. The van der Waals surface area contributed by atoms with Gasteiger partial charge in [-0.15, -0.1) is 0 Å². The fraction of sp³-hybridized carbons (Fsp3) is 0.294. The molecule has 116 valence electrons. The van der Waals surface area contributed by atoms with E-state index in [-0.39, 0.29) is 17.6 Å². The molecule has 1 aliphatic rings. The lowest BCUT2D eigenvalue weighted by Crippen LogP contribution is -2.42. The molecule has 1 aliphatic heterocycles. The van der Waals surface area contributed by atoms with E-state index in [0.29, 0.717) is 30.0 Å². The molecule has 1 atom stereocenters. The predicted octanol–water partition coefficient (Wildman–Crippen LogP) is 2.02. The average Bonchev–Trinajstić information content (AvgIpc) is 3.10. The van der Waals surface area contributed by atoms with Gasteiger partial charge in [0.05, 0.1) is 5.56 Å². The Hall–Kier alpha value is -2.94. The molecule has 1 saturated heterocycles. The second kappa shape index (κ2) is 6.44. The second-order valence-corrected chi connectivity index (χ2v) is 5.58. The highest BCUT2D eigenvalue weighted by atomic mass is 16.2. The third kappa shape index (κ3) is 3.14. The molecule has 3 heterocycles. The number of hydrogen-bond donors (Lipinski definition) is 1. The molecule has 0 spiro atoms. The molecule has 2 aromatic rings. The number of pyridine rings is 1. The Morgan fingerprint density at radius 1 is 1.39 bits per heavy atom. The quantitative estimate of drug-likeness (QED) is 0.878. The molecular weight excluding hydrogens is 292 g/mol. The summed E-state index contributed by atoms with van der Waals surface area (Å²) in [5.41, 5.74) is 1.25. The van der Waals surface area contributed by atoms with E-state index >= 15 is 0 Å². The van der Waals surface area contributed by atoms with Gasteiger partial charge in [-0.3, -0.25) is 14.6 Å². The van der Waals surface area contributed by atoms with Crippen LogP contribution in [0.3, 0.4) is 0 Å². The van der Waals surface area contributed by atoms with E-state index in [9.17, 15) is 9.59 Å². The highest BCUT2D eigenvalue weighted by Gasteiger charge is 2.30. The molecule has 6 nitrogen and oxygen atoms in total. The summed E-state index contributed by atoms with van der Waals surface area (Å²) < 4.78 is 0. The number of Topliss-reactive ketones (excluding diaryl/α,β-unsaturated/α-hetero) is 1. The summed E-state index contributed by atoms with van der Waals surface area (Å²) in [6, 6.07) is 8.78. The molecule has 3 rings (SSSR count). The van der Waals surface area contributed by atoms with Crippen molar-refractivity contribution in [2.24, 2.45) is 5.92 Å². The van der Waals surface area contributed by atoms with E-state index in [4.69, 9.17) is 5.26 Å². The van der Waals surface area contributed by atoms with Gasteiger partial charge in [-0.2, -0.15) is 5.26 Å². The third-order valence-electron chi connectivity index (χ3n) is 4.04. The molecule has 1 amide bonds. The van der Waals surface area contributed by atoms with Crippen molar-refractivity contribution in [2.75, 3.05) is 13.1 Å². The Morgan fingerprint density at radius 2 is 2.26 bits per heavy atom. The van der Waals surface area contributed by atoms with E-state index < -0.39 is 0 Å². The zero-order valence-electron chi connectivity index (χ0n) is 12.5. The number of likely N-dealkylation sites (tertiary alicyclic amines) is 1. The topological polar surface area (TPSA) is 89.9 Å². The van der Waals surface area contributed by atoms with E-state index in [2.05, 4.69) is 9.97 Å². The number of nitriles is 1. The molecule has 1 N–H and O–H groups in total.